The van der Waals surface area contributed by atoms with Crippen molar-refractivity contribution in [1.29, 1.82) is 0 Å². The highest BCUT2D eigenvalue weighted by molar-refractivity contribution is 7.80. The predicted octanol–water partition coefficient (Wildman–Crippen LogP) is 4.67. The van der Waals surface area contributed by atoms with Gasteiger partial charge in [0.05, 0.1) is 12.2 Å². The highest BCUT2D eigenvalue weighted by Gasteiger charge is 2.26. The van der Waals surface area contributed by atoms with E-state index in [2.05, 4.69) is 24.5 Å². The number of carbonyl (C=O) groups is 1. The molecule has 134 valence electrons. The molecule has 1 unspecified atom stereocenters. The van der Waals surface area contributed by atoms with Gasteiger partial charge in [-0.1, -0.05) is 19.8 Å². The van der Waals surface area contributed by atoms with Crippen LogP contribution in [0.1, 0.15) is 73.7 Å². The summed E-state index contributed by atoms with van der Waals surface area (Å²) in [5.74, 6) is -0.233. The molecule has 0 saturated heterocycles. The first-order chi connectivity index (χ1) is 11.6. The van der Waals surface area contributed by atoms with Crippen LogP contribution in [0.5, 0.6) is 0 Å². The number of ether oxygens (including phenoxy) is 1. The molecular weight excluding hydrogens is 340 g/mol. The predicted molar refractivity (Wildman–Crippen MR) is 105 cm³/mol. The van der Waals surface area contributed by atoms with Gasteiger partial charge in [0, 0.05) is 10.9 Å². The zero-order chi connectivity index (χ0) is 17.5. The Bertz CT molecular complexity index is 584. The summed E-state index contributed by atoms with van der Waals surface area (Å²) in [6.07, 6.45) is 7.71. The molecule has 1 atom stereocenters. The Morgan fingerprint density at radius 1 is 1.29 bits per heavy atom. The molecule has 1 aliphatic carbocycles. The number of thiocarbonyl (C=S) groups is 1. The van der Waals surface area contributed by atoms with E-state index in [1.165, 1.54) is 23.3 Å². The highest BCUT2D eigenvalue weighted by Crippen LogP contribution is 2.38. The summed E-state index contributed by atoms with van der Waals surface area (Å²) >= 11 is 7.10. The van der Waals surface area contributed by atoms with Gasteiger partial charge < -0.3 is 15.4 Å². The van der Waals surface area contributed by atoms with Gasteiger partial charge in [-0.05, 0) is 63.7 Å². The number of rotatable bonds is 6. The van der Waals surface area contributed by atoms with Crippen LogP contribution in [0.25, 0.3) is 0 Å². The largest absolute Gasteiger partial charge is 0.462 e. The van der Waals surface area contributed by atoms with Crippen molar-refractivity contribution in [2.24, 2.45) is 0 Å². The van der Waals surface area contributed by atoms with Crippen molar-refractivity contribution < 1.29 is 9.53 Å². The highest BCUT2D eigenvalue weighted by atomic mass is 32.1. The second-order valence-corrected chi connectivity index (χ2v) is 7.79. The van der Waals surface area contributed by atoms with Gasteiger partial charge in [0.15, 0.2) is 5.11 Å². The molecule has 2 N–H and O–H groups in total. The second kappa shape index (κ2) is 9.37. The molecule has 0 aliphatic heterocycles. The first-order valence-corrected chi connectivity index (χ1v) is 10.2. The first kappa shape index (κ1) is 19.2. The van der Waals surface area contributed by atoms with Crippen LogP contribution in [0.2, 0.25) is 0 Å². The van der Waals surface area contributed by atoms with Crippen molar-refractivity contribution in [2.45, 2.75) is 71.8 Å². The molecule has 24 heavy (non-hydrogen) atoms. The minimum Gasteiger partial charge on any atom is -0.462 e. The Morgan fingerprint density at radius 3 is 2.75 bits per heavy atom. The molecule has 1 aliphatic rings. The van der Waals surface area contributed by atoms with Gasteiger partial charge in [-0.25, -0.2) is 4.79 Å². The number of hydrogen-bond acceptors (Lipinski definition) is 4. The molecule has 0 saturated carbocycles. The lowest BCUT2D eigenvalue weighted by atomic mass is 10.1. The lowest BCUT2D eigenvalue weighted by Crippen LogP contribution is -2.35. The van der Waals surface area contributed by atoms with Gasteiger partial charge in [0.2, 0.25) is 0 Å². The molecule has 0 bridgehead atoms. The number of anilines is 1. The van der Waals surface area contributed by atoms with Crippen LogP contribution in [0.4, 0.5) is 5.00 Å². The molecule has 0 spiro atoms. The van der Waals surface area contributed by atoms with Crippen molar-refractivity contribution in [2.75, 3.05) is 11.9 Å². The fourth-order valence-electron chi connectivity index (χ4n) is 3.12. The molecule has 6 heteroatoms. The summed E-state index contributed by atoms with van der Waals surface area (Å²) in [5.41, 5.74) is 1.87. The molecular formula is C18H28N2O2S2. The van der Waals surface area contributed by atoms with E-state index in [9.17, 15) is 4.79 Å². The van der Waals surface area contributed by atoms with E-state index < -0.39 is 0 Å². The molecule has 0 radical (unpaired) electrons. The smallest absolute Gasteiger partial charge is 0.341 e. The van der Waals surface area contributed by atoms with E-state index in [-0.39, 0.29) is 5.97 Å². The van der Waals surface area contributed by atoms with Crippen LogP contribution >= 0.6 is 23.6 Å². The molecule has 0 amide bonds. The maximum atomic E-state index is 12.5. The lowest BCUT2D eigenvalue weighted by Gasteiger charge is -2.16. The molecule has 0 aromatic carbocycles. The fraction of sp³-hybridized carbons (Fsp3) is 0.667. The normalized spacial score (nSPS) is 15.1. The molecule has 1 aromatic rings. The van der Waals surface area contributed by atoms with E-state index in [4.69, 9.17) is 17.0 Å². The third-order valence-electron chi connectivity index (χ3n) is 4.23. The van der Waals surface area contributed by atoms with Crippen LogP contribution < -0.4 is 10.6 Å². The van der Waals surface area contributed by atoms with Crippen LogP contribution in [0.3, 0.4) is 0 Å². The van der Waals surface area contributed by atoms with E-state index in [1.807, 2.05) is 6.92 Å². The summed E-state index contributed by atoms with van der Waals surface area (Å²) in [6, 6.07) is 0.318. The molecule has 2 rings (SSSR count). The third kappa shape index (κ3) is 4.93. The Hall–Kier alpha value is -1.14. The summed E-state index contributed by atoms with van der Waals surface area (Å²) < 4.78 is 5.30. The number of carbonyl (C=O) groups excluding carboxylic acids is 1. The number of aryl methyl sites for hydroxylation is 1. The zero-order valence-corrected chi connectivity index (χ0v) is 16.5. The van der Waals surface area contributed by atoms with Gasteiger partial charge in [0.25, 0.3) is 0 Å². The van der Waals surface area contributed by atoms with Crippen LogP contribution in [0, 0.1) is 0 Å². The Labute approximate surface area is 154 Å². The molecule has 4 nitrogen and oxygen atoms in total. The van der Waals surface area contributed by atoms with E-state index in [1.54, 1.807) is 11.3 Å². The zero-order valence-electron chi connectivity index (χ0n) is 14.9. The second-order valence-electron chi connectivity index (χ2n) is 6.28. The summed E-state index contributed by atoms with van der Waals surface area (Å²) in [7, 11) is 0. The van der Waals surface area contributed by atoms with Crippen molar-refractivity contribution in [1.82, 2.24) is 5.32 Å². The molecule has 1 aromatic heterocycles. The molecule has 0 fully saturated rings. The van der Waals surface area contributed by atoms with Gasteiger partial charge in [-0.3, -0.25) is 0 Å². The Morgan fingerprint density at radius 2 is 2.04 bits per heavy atom. The maximum absolute atomic E-state index is 12.5. The van der Waals surface area contributed by atoms with Crippen LogP contribution in [-0.2, 0) is 17.6 Å². The SMILES string of the molecule is CCCC(C)NC(=S)Nc1sc2c(c1C(=O)OCC)CCCCC2. The minimum atomic E-state index is -0.233. The van der Waals surface area contributed by atoms with Gasteiger partial charge in [0.1, 0.15) is 5.00 Å². The van der Waals surface area contributed by atoms with E-state index in [0.29, 0.717) is 23.3 Å². The topological polar surface area (TPSA) is 50.4 Å². The average molecular weight is 369 g/mol. The Kier molecular flexibility index (Phi) is 7.49. The van der Waals surface area contributed by atoms with Gasteiger partial charge in [-0.2, -0.15) is 0 Å². The summed E-state index contributed by atoms with van der Waals surface area (Å²) in [5, 5.41) is 7.97. The van der Waals surface area contributed by atoms with Gasteiger partial charge in [-0.15, -0.1) is 11.3 Å². The third-order valence-corrected chi connectivity index (χ3v) is 5.65. The number of nitrogens with one attached hydrogen (secondary N) is 2. The lowest BCUT2D eigenvalue weighted by molar-refractivity contribution is 0.0527. The van der Waals surface area contributed by atoms with E-state index in [0.717, 1.165) is 37.1 Å². The van der Waals surface area contributed by atoms with Crippen molar-refractivity contribution in [3.63, 3.8) is 0 Å². The number of fused-ring (bicyclic) bond motifs is 1. The maximum Gasteiger partial charge on any atom is 0.341 e. The number of thiophene rings is 1. The number of hydrogen-bond donors (Lipinski definition) is 2. The minimum absolute atomic E-state index is 0.233. The fourth-order valence-corrected chi connectivity index (χ4v) is 4.77. The average Bonchev–Trinajstić information content (AvgIpc) is 2.69. The van der Waals surface area contributed by atoms with Crippen LogP contribution in [0.15, 0.2) is 0 Å². The van der Waals surface area contributed by atoms with Gasteiger partial charge >= 0.3 is 5.97 Å². The summed E-state index contributed by atoms with van der Waals surface area (Å²) in [6.45, 7) is 6.50. The standard InChI is InChI=1S/C18H28N2O2S2/c1-4-9-12(3)19-18(23)20-16-15(17(21)22-5-2)13-10-7-6-8-11-14(13)24-16/h12H,4-11H2,1-3H3,(H2,19,20,23). The van der Waals surface area contributed by atoms with E-state index >= 15 is 0 Å². The van der Waals surface area contributed by atoms with Crippen molar-refractivity contribution >= 4 is 39.6 Å². The van der Waals surface area contributed by atoms with Crippen LogP contribution in [-0.4, -0.2) is 23.7 Å². The molecule has 1 heterocycles. The monoisotopic (exact) mass is 368 g/mol. The Balaban J connectivity index is 2.21. The number of esters is 1. The van der Waals surface area contributed by atoms with Crippen molar-refractivity contribution in [3.8, 4) is 0 Å². The summed E-state index contributed by atoms with van der Waals surface area (Å²) in [4.78, 5) is 13.8. The first-order valence-electron chi connectivity index (χ1n) is 8.95. The van der Waals surface area contributed by atoms with Crippen molar-refractivity contribution in [3.05, 3.63) is 16.0 Å². The quantitative estimate of drug-likeness (QED) is 0.434.